The van der Waals surface area contributed by atoms with Gasteiger partial charge in [0.25, 0.3) is 5.56 Å². The molecule has 0 radical (unpaired) electrons. The van der Waals surface area contributed by atoms with Crippen LogP contribution in [0, 0.1) is 12.8 Å². The van der Waals surface area contributed by atoms with Gasteiger partial charge >= 0.3 is 5.97 Å². The third-order valence-electron chi connectivity index (χ3n) is 5.43. The molecule has 3 heterocycles. The number of ether oxygens (including phenoxy) is 3. The number of aryl methyl sites for hydroxylation is 1. The number of carbonyl (C=O) groups excluding carboxylic acids is 1. The Balaban J connectivity index is 1.50. The average molecular weight is 436 g/mol. The molecule has 1 aliphatic carbocycles. The first kappa shape index (κ1) is 21.5. The van der Waals surface area contributed by atoms with Gasteiger partial charge in [-0.15, -0.1) is 0 Å². The van der Waals surface area contributed by atoms with E-state index < -0.39 is 5.97 Å². The van der Waals surface area contributed by atoms with Gasteiger partial charge in [-0.3, -0.25) is 14.6 Å². The lowest BCUT2D eigenvalue weighted by atomic mass is 10.1. The molecule has 3 aromatic heterocycles. The number of hydrogen-bond acceptors (Lipinski definition) is 8. The van der Waals surface area contributed by atoms with Crippen molar-refractivity contribution >= 4 is 5.97 Å². The Bertz CT molecular complexity index is 1180. The SMILES string of the molecule is COC(=O)Cn1cc(-c2cnc(C)nc2OC[C@H]2C[C@@H]2c2ccc(OC)cn2)ccc1=O. The minimum atomic E-state index is -0.507. The van der Waals surface area contributed by atoms with Crippen molar-refractivity contribution in [1.82, 2.24) is 19.5 Å². The Kier molecular flexibility index (Phi) is 6.16. The van der Waals surface area contributed by atoms with Crippen LogP contribution in [0.25, 0.3) is 11.1 Å². The molecule has 1 fully saturated rings. The maximum absolute atomic E-state index is 12.1. The van der Waals surface area contributed by atoms with Crippen LogP contribution in [-0.4, -0.2) is 46.3 Å². The van der Waals surface area contributed by atoms with Crippen LogP contribution < -0.4 is 15.0 Å². The summed E-state index contributed by atoms with van der Waals surface area (Å²) in [5, 5.41) is 0. The highest BCUT2D eigenvalue weighted by atomic mass is 16.5. The van der Waals surface area contributed by atoms with Gasteiger partial charge in [-0.2, -0.15) is 4.98 Å². The molecular formula is C23H24N4O5. The number of pyridine rings is 2. The summed E-state index contributed by atoms with van der Waals surface area (Å²) < 4.78 is 17.2. The highest BCUT2D eigenvalue weighted by Crippen LogP contribution is 2.47. The number of methoxy groups -OCH3 is 2. The lowest BCUT2D eigenvalue weighted by Crippen LogP contribution is -2.23. The highest BCUT2D eigenvalue weighted by Gasteiger charge is 2.40. The Morgan fingerprint density at radius 1 is 1.16 bits per heavy atom. The molecule has 3 aromatic rings. The average Bonchev–Trinajstić information content (AvgIpc) is 3.59. The molecule has 32 heavy (non-hydrogen) atoms. The first-order chi connectivity index (χ1) is 15.5. The zero-order valence-corrected chi connectivity index (χ0v) is 18.1. The van der Waals surface area contributed by atoms with Gasteiger partial charge in [-0.05, 0) is 31.5 Å². The van der Waals surface area contributed by atoms with Gasteiger partial charge in [0.1, 0.15) is 18.1 Å². The number of rotatable bonds is 8. The van der Waals surface area contributed by atoms with E-state index in [0.717, 1.165) is 17.9 Å². The van der Waals surface area contributed by atoms with E-state index >= 15 is 0 Å². The van der Waals surface area contributed by atoms with Crippen LogP contribution in [0.2, 0.25) is 0 Å². The second-order valence-corrected chi connectivity index (χ2v) is 7.63. The van der Waals surface area contributed by atoms with Crippen molar-refractivity contribution in [3.05, 3.63) is 64.7 Å². The van der Waals surface area contributed by atoms with Crippen LogP contribution in [0.5, 0.6) is 11.6 Å². The molecule has 0 aliphatic heterocycles. The summed E-state index contributed by atoms with van der Waals surface area (Å²) in [7, 11) is 2.90. The van der Waals surface area contributed by atoms with Crippen molar-refractivity contribution in [1.29, 1.82) is 0 Å². The second kappa shape index (κ2) is 9.17. The molecule has 2 atom stereocenters. The molecule has 0 N–H and O–H groups in total. The second-order valence-electron chi connectivity index (χ2n) is 7.63. The summed E-state index contributed by atoms with van der Waals surface area (Å²) in [4.78, 5) is 36.9. The summed E-state index contributed by atoms with van der Waals surface area (Å²) >= 11 is 0. The fourth-order valence-corrected chi connectivity index (χ4v) is 3.49. The van der Waals surface area contributed by atoms with Crippen molar-refractivity contribution in [2.24, 2.45) is 5.92 Å². The van der Waals surface area contributed by atoms with Crippen molar-refractivity contribution < 1.29 is 19.0 Å². The molecule has 0 saturated heterocycles. The zero-order chi connectivity index (χ0) is 22.7. The Morgan fingerprint density at radius 2 is 2.00 bits per heavy atom. The number of nitrogens with zero attached hydrogens (tertiary/aromatic N) is 4. The maximum atomic E-state index is 12.1. The van der Waals surface area contributed by atoms with Crippen LogP contribution in [-0.2, 0) is 16.1 Å². The molecular weight excluding hydrogens is 412 g/mol. The number of carbonyl (C=O) groups is 1. The molecule has 0 bridgehead atoms. The molecule has 0 unspecified atom stereocenters. The largest absolute Gasteiger partial charge is 0.495 e. The van der Waals surface area contributed by atoms with Gasteiger partial charge in [0.2, 0.25) is 5.88 Å². The fraction of sp³-hybridized carbons (Fsp3) is 0.348. The number of esters is 1. The van der Waals surface area contributed by atoms with Crippen molar-refractivity contribution in [2.45, 2.75) is 25.8 Å². The van der Waals surface area contributed by atoms with E-state index in [1.807, 2.05) is 12.1 Å². The normalized spacial score (nSPS) is 17.0. The van der Waals surface area contributed by atoms with Crippen LogP contribution in [0.3, 0.4) is 0 Å². The molecule has 4 rings (SSSR count). The molecule has 166 valence electrons. The minimum Gasteiger partial charge on any atom is -0.495 e. The van der Waals surface area contributed by atoms with E-state index in [2.05, 4.69) is 19.7 Å². The topological polar surface area (TPSA) is 105 Å². The highest BCUT2D eigenvalue weighted by molar-refractivity contribution is 5.70. The first-order valence-electron chi connectivity index (χ1n) is 10.2. The van der Waals surface area contributed by atoms with Crippen LogP contribution in [0.15, 0.2) is 47.7 Å². The summed E-state index contributed by atoms with van der Waals surface area (Å²) in [5.74, 6) is 1.93. The van der Waals surface area contributed by atoms with E-state index in [0.29, 0.717) is 41.3 Å². The molecule has 9 nitrogen and oxygen atoms in total. The monoisotopic (exact) mass is 436 g/mol. The molecule has 1 aliphatic rings. The maximum Gasteiger partial charge on any atom is 0.325 e. The van der Waals surface area contributed by atoms with Crippen LogP contribution in [0.4, 0.5) is 0 Å². The third-order valence-corrected chi connectivity index (χ3v) is 5.43. The van der Waals surface area contributed by atoms with E-state index in [4.69, 9.17) is 9.47 Å². The van der Waals surface area contributed by atoms with Crippen molar-refractivity contribution in [3.8, 4) is 22.8 Å². The van der Waals surface area contributed by atoms with Gasteiger partial charge in [0.15, 0.2) is 0 Å². The van der Waals surface area contributed by atoms with Crippen LogP contribution in [0.1, 0.15) is 23.9 Å². The molecule has 0 spiro atoms. The Hall–Kier alpha value is -3.75. The van der Waals surface area contributed by atoms with E-state index in [1.54, 1.807) is 38.7 Å². The Morgan fingerprint density at radius 3 is 2.72 bits per heavy atom. The van der Waals surface area contributed by atoms with Gasteiger partial charge < -0.3 is 18.8 Å². The quantitative estimate of drug-likeness (QED) is 0.496. The summed E-state index contributed by atoms with van der Waals surface area (Å²) in [6, 6.07) is 6.95. The van der Waals surface area contributed by atoms with E-state index in [-0.39, 0.29) is 12.1 Å². The fourth-order valence-electron chi connectivity index (χ4n) is 3.49. The predicted octanol–water partition coefficient (Wildman–Crippen LogP) is 2.37. The molecule has 1 saturated carbocycles. The third kappa shape index (κ3) is 4.77. The van der Waals surface area contributed by atoms with Gasteiger partial charge in [0, 0.05) is 41.6 Å². The van der Waals surface area contributed by atoms with Crippen molar-refractivity contribution in [3.63, 3.8) is 0 Å². The number of hydrogen-bond donors (Lipinski definition) is 0. The van der Waals surface area contributed by atoms with E-state index in [1.165, 1.54) is 17.7 Å². The summed E-state index contributed by atoms with van der Waals surface area (Å²) in [6.07, 6.45) is 5.96. The smallest absolute Gasteiger partial charge is 0.325 e. The first-order valence-corrected chi connectivity index (χ1v) is 10.2. The summed E-state index contributed by atoms with van der Waals surface area (Å²) in [6.45, 7) is 2.10. The van der Waals surface area contributed by atoms with Gasteiger partial charge in [0.05, 0.1) is 32.6 Å². The lowest BCUT2D eigenvalue weighted by molar-refractivity contribution is -0.141. The van der Waals surface area contributed by atoms with Crippen molar-refractivity contribution in [2.75, 3.05) is 20.8 Å². The molecule has 0 aromatic carbocycles. The van der Waals surface area contributed by atoms with Gasteiger partial charge in [-0.1, -0.05) is 0 Å². The Labute approximate surface area is 185 Å². The zero-order valence-electron chi connectivity index (χ0n) is 18.1. The number of aromatic nitrogens is 4. The molecule has 9 heteroatoms. The van der Waals surface area contributed by atoms with Crippen LogP contribution >= 0.6 is 0 Å². The summed E-state index contributed by atoms with van der Waals surface area (Å²) in [5.41, 5.74) is 2.04. The van der Waals surface area contributed by atoms with E-state index in [9.17, 15) is 9.59 Å². The standard InChI is InChI=1S/C23H24N4O5/c1-14-24-10-19(15-4-7-21(28)27(11-15)12-22(29)31-3)23(26-14)32-13-16-8-18(16)20-6-5-17(30-2)9-25-20/h4-7,9-11,16,18H,8,12-13H2,1-3H3/t16-,18+/m1/s1. The minimum absolute atomic E-state index is 0.176. The predicted molar refractivity (Wildman–Crippen MR) is 116 cm³/mol. The molecule has 0 amide bonds. The lowest BCUT2D eigenvalue weighted by Gasteiger charge is -2.12. The van der Waals surface area contributed by atoms with Gasteiger partial charge in [-0.25, -0.2) is 4.98 Å².